The van der Waals surface area contributed by atoms with E-state index in [4.69, 9.17) is 0 Å². The summed E-state index contributed by atoms with van der Waals surface area (Å²) in [6, 6.07) is 10.1. The van der Waals surface area contributed by atoms with E-state index in [1.54, 1.807) is 0 Å². The second-order valence-electron chi connectivity index (χ2n) is 4.94. The summed E-state index contributed by atoms with van der Waals surface area (Å²) in [4.78, 5) is 13.9. The van der Waals surface area contributed by atoms with Crippen LogP contribution >= 0.6 is 0 Å². The Morgan fingerprint density at radius 2 is 2.00 bits per heavy atom. The van der Waals surface area contributed by atoms with Crippen molar-refractivity contribution in [2.75, 3.05) is 13.1 Å². The first-order chi connectivity index (χ1) is 8.09. The molecule has 1 N–H and O–H groups in total. The van der Waals surface area contributed by atoms with Gasteiger partial charge in [-0.2, -0.15) is 0 Å². The summed E-state index contributed by atoms with van der Waals surface area (Å²) in [7, 11) is 0. The van der Waals surface area contributed by atoms with Gasteiger partial charge in [0.1, 0.15) is 0 Å². The van der Waals surface area contributed by atoms with Crippen LogP contribution in [0, 0.1) is 6.42 Å². The first-order valence-corrected chi connectivity index (χ1v) is 6.04. The summed E-state index contributed by atoms with van der Waals surface area (Å²) >= 11 is 0. The number of carbonyl (C=O) groups excluding carboxylic acids is 1. The molecule has 0 atom stereocenters. The third-order valence-electron chi connectivity index (χ3n) is 3.15. The molecule has 0 saturated carbocycles. The SMILES string of the molecule is CC(C)(NC(=O)N1C[CH]CC1)c1ccccc1. The van der Waals surface area contributed by atoms with Crippen molar-refractivity contribution in [1.82, 2.24) is 10.2 Å². The van der Waals surface area contributed by atoms with E-state index in [2.05, 4.69) is 11.7 Å². The van der Waals surface area contributed by atoms with Gasteiger partial charge < -0.3 is 10.2 Å². The van der Waals surface area contributed by atoms with Crippen LogP contribution < -0.4 is 5.32 Å². The van der Waals surface area contributed by atoms with Crippen LogP contribution in [-0.2, 0) is 5.54 Å². The molecule has 1 radical (unpaired) electrons. The van der Waals surface area contributed by atoms with Gasteiger partial charge in [0, 0.05) is 13.1 Å². The van der Waals surface area contributed by atoms with Crippen LogP contribution in [-0.4, -0.2) is 24.0 Å². The molecule has 91 valence electrons. The summed E-state index contributed by atoms with van der Waals surface area (Å²) in [5.41, 5.74) is 0.789. The number of hydrogen-bond donors (Lipinski definition) is 1. The molecule has 0 spiro atoms. The minimum Gasteiger partial charge on any atom is -0.329 e. The molecule has 2 rings (SSSR count). The van der Waals surface area contributed by atoms with E-state index in [0.717, 1.165) is 25.1 Å². The van der Waals surface area contributed by atoms with Crippen LogP contribution in [0.25, 0.3) is 0 Å². The monoisotopic (exact) mass is 231 g/mol. The van der Waals surface area contributed by atoms with Crippen LogP contribution in [0.1, 0.15) is 25.8 Å². The first-order valence-electron chi connectivity index (χ1n) is 6.04. The van der Waals surface area contributed by atoms with E-state index < -0.39 is 0 Å². The Kier molecular flexibility index (Phi) is 3.36. The number of benzene rings is 1. The molecule has 1 saturated heterocycles. The highest BCUT2D eigenvalue weighted by atomic mass is 16.2. The van der Waals surface area contributed by atoms with Gasteiger partial charge in [0.25, 0.3) is 0 Å². The van der Waals surface area contributed by atoms with Gasteiger partial charge in [-0.25, -0.2) is 4.79 Å². The Morgan fingerprint density at radius 1 is 1.29 bits per heavy atom. The van der Waals surface area contributed by atoms with Gasteiger partial charge in [0.2, 0.25) is 0 Å². The summed E-state index contributed by atoms with van der Waals surface area (Å²) in [6.45, 7) is 5.65. The molecule has 0 aliphatic carbocycles. The third kappa shape index (κ3) is 2.78. The maximum Gasteiger partial charge on any atom is 0.318 e. The van der Waals surface area contributed by atoms with Crippen LogP contribution in [0.3, 0.4) is 0 Å². The van der Waals surface area contributed by atoms with Gasteiger partial charge in [-0.3, -0.25) is 0 Å². The summed E-state index contributed by atoms with van der Waals surface area (Å²) < 4.78 is 0. The fourth-order valence-electron chi connectivity index (χ4n) is 2.04. The minimum absolute atomic E-state index is 0.0209. The molecule has 2 amide bonds. The molecule has 1 aliphatic rings. The lowest BCUT2D eigenvalue weighted by molar-refractivity contribution is 0.198. The van der Waals surface area contributed by atoms with E-state index >= 15 is 0 Å². The number of carbonyl (C=O) groups is 1. The number of rotatable bonds is 2. The van der Waals surface area contributed by atoms with Gasteiger partial charge >= 0.3 is 6.03 Å². The lowest BCUT2D eigenvalue weighted by Gasteiger charge is -2.29. The van der Waals surface area contributed by atoms with Crippen molar-refractivity contribution >= 4 is 6.03 Å². The maximum atomic E-state index is 12.0. The Hall–Kier alpha value is -1.51. The molecule has 3 heteroatoms. The number of likely N-dealkylation sites (tertiary alicyclic amines) is 1. The summed E-state index contributed by atoms with van der Waals surface area (Å²) in [6.07, 6.45) is 3.13. The summed E-state index contributed by atoms with van der Waals surface area (Å²) in [5, 5.41) is 3.08. The van der Waals surface area contributed by atoms with Crippen molar-refractivity contribution < 1.29 is 4.79 Å². The quantitative estimate of drug-likeness (QED) is 0.833. The van der Waals surface area contributed by atoms with Crippen molar-refractivity contribution in [1.29, 1.82) is 0 Å². The van der Waals surface area contributed by atoms with Gasteiger partial charge in [0.05, 0.1) is 5.54 Å². The fourth-order valence-corrected chi connectivity index (χ4v) is 2.04. The Balaban J connectivity index is 2.04. The molecular formula is C14H19N2O. The molecule has 17 heavy (non-hydrogen) atoms. The zero-order valence-electron chi connectivity index (χ0n) is 10.4. The predicted molar refractivity (Wildman–Crippen MR) is 68.5 cm³/mol. The largest absolute Gasteiger partial charge is 0.329 e. The molecular weight excluding hydrogens is 212 g/mol. The van der Waals surface area contributed by atoms with Crippen molar-refractivity contribution in [2.24, 2.45) is 0 Å². The molecule has 1 aromatic rings. The number of hydrogen-bond acceptors (Lipinski definition) is 1. The smallest absolute Gasteiger partial charge is 0.318 e. The van der Waals surface area contributed by atoms with Gasteiger partial charge in [0.15, 0.2) is 0 Å². The topological polar surface area (TPSA) is 32.3 Å². The van der Waals surface area contributed by atoms with Crippen molar-refractivity contribution in [3.05, 3.63) is 42.3 Å². The highest BCUT2D eigenvalue weighted by Crippen LogP contribution is 2.20. The van der Waals surface area contributed by atoms with Gasteiger partial charge in [-0.1, -0.05) is 30.3 Å². The Morgan fingerprint density at radius 3 is 2.59 bits per heavy atom. The van der Waals surface area contributed by atoms with E-state index in [-0.39, 0.29) is 11.6 Å². The van der Waals surface area contributed by atoms with E-state index in [1.807, 2.05) is 49.1 Å². The molecule has 0 bridgehead atoms. The average Bonchev–Trinajstić information content (AvgIpc) is 2.83. The maximum absolute atomic E-state index is 12.0. The third-order valence-corrected chi connectivity index (χ3v) is 3.15. The number of nitrogens with zero attached hydrogens (tertiary/aromatic N) is 1. The van der Waals surface area contributed by atoms with Crippen LogP contribution in [0.2, 0.25) is 0 Å². The van der Waals surface area contributed by atoms with Crippen molar-refractivity contribution in [3.8, 4) is 0 Å². The average molecular weight is 231 g/mol. The molecule has 3 nitrogen and oxygen atoms in total. The highest BCUT2D eigenvalue weighted by Gasteiger charge is 2.26. The zero-order chi connectivity index (χ0) is 12.3. The first kappa shape index (κ1) is 12.0. The number of nitrogens with one attached hydrogen (secondary N) is 1. The molecule has 1 aliphatic heterocycles. The lowest BCUT2D eigenvalue weighted by Crippen LogP contribution is -2.47. The van der Waals surface area contributed by atoms with E-state index in [1.165, 1.54) is 0 Å². The van der Waals surface area contributed by atoms with Gasteiger partial charge in [-0.15, -0.1) is 0 Å². The van der Waals surface area contributed by atoms with Crippen LogP contribution in [0.5, 0.6) is 0 Å². The van der Waals surface area contributed by atoms with Crippen molar-refractivity contribution in [3.63, 3.8) is 0 Å². The van der Waals surface area contributed by atoms with Gasteiger partial charge in [-0.05, 0) is 32.3 Å². The Bertz CT molecular complexity index is 380. The molecule has 1 fully saturated rings. The predicted octanol–water partition coefficient (Wildman–Crippen LogP) is 2.54. The summed E-state index contributed by atoms with van der Waals surface area (Å²) in [5.74, 6) is 0. The van der Waals surface area contributed by atoms with Crippen LogP contribution in [0.15, 0.2) is 30.3 Å². The lowest BCUT2D eigenvalue weighted by atomic mass is 9.94. The normalized spacial score (nSPS) is 16.0. The second-order valence-corrected chi connectivity index (χ2v) is 4.94. The zero-order valence-corrected chi connectivity index (χ0v) is 10.4. The number of amides is 2. The standard InChI is InChI=1S/C14H19N2O/c1-14(2,12-8-4-3-5-9-12)15-13(17)16-10-6-7-11-16/h3-6,8-9H,7,10-11H2,1-2H3,(H,15,17). The van der Waals surface area contributed by atoms with Crippen molar-refractivity contribution in [2.45, 2.75) is 25.8 Å². The van der Waals surface area contributed by atoms with E-state index in [9.17, 15) is 4.79 Å². The molecule has 1 aromatic carbocycles. The number of urea groups is 1. The highest BCUT2D eigenvalue weighted by molar-refractivity contribution is 5.75. The molecule has 0 aromatic heterocycles. The van der Waals surface area contributed by atoms with Crippen LogP contribution in [0.4, 0.5) is 4.79 Å². The van der Waals surface area contributed by atoms with E-state index in [0.29, 0.717) is 0 Å². The molecule has 1 heterocycles. The second kappa shape index (κ2) is 4.78. The Labute approximate surface area is 103 Å². The minimum atomic E-state index is -0.332. The fraction of sp³-hybridized carbons (Fsp3) is 0.429. The molecule has 0 unspecified atom stereocenters.